The molecule has 1 unspecified atom stereocenters. The van der Waals surface area contributed by atoms with Crippen LogP contribution in [0, 0.1) is 12.8 Å². The summed E-state index contributed by atoms with van der Waals surface area (Å²) in [6.07, 6.45) is 4.23. The molecular formula is C22H27BrN4O2. The molecule has 0 aliphatic carbocycles. The number of hydrogen-bond acceptors (Lipinski definition) is 4. The molecule has 6 nitrogen and oxygen atoms in total. The van der Waals surface area contributed by atoms with Crippen molar-refractivity contribution >= 4 is 39.2 Å². The highest BCUT2D eigenvalue weighted by Crippen LogP contribution is 2.22. The fourth-order valence-corrected chi connectivity index (χ4v) is 3.91. The highest BCUT2D eigenvalue weighted by molar-refractivity contribution is 9.10. The number of carbonyl (C=O) groups is 2. The smallest absolute Gasteiger partial charge is 0.238 e. The maximum Gasteiger partial charge on any atom is 0.238 e. The predicted molar refractivity (Wildman–Crippen MR) is 119 cm³/mol. The number of aromatic nitrogens is 1. The minimum atomic E-state index is -0.147. The quantitative estimate of drug-likeness (QED) is 0.685. The van der Waals surface area contributed by atoms with Gasteiger partial charge >= 0.3 is 0 Å². The van der Waals surface area contributed by atoms with Crippen molar-refractivity contribution in [2.45, 2.75) is 33.1 Å². The average molecular weight is 459 g/mol. The molecule has 0 saturated carbocycles. The van der Waals surface area contributed by atoms with Gasteiger partial charge in [-0.05, 0) is 71.9 Å². The Balaban J connectivity index is 1.56. The Bertz CT molecular complexity index is 870. The van der Waals surface area contributed by atoms with Crippen LogP contribution in [0.4, 0.5) is 11.5 Å². The zero-order chi connectivity index (χ0) is 20.8. The first-order valence-electron chi connectivity index (χ1n) is 9.99. The zero-order valence-electron chi connectivity index (χ0n) is 16.9. The van der Waals surface area contributed by atoms with E-state index in [9.17, 15) is 9.59 Å². The summed E-state index contributed by atoms with van der Waals surface area (Å²) in [5.74, 6) is 0.313. The van der Waals surface area contributed by atoms with Gasteiger partial charge < -0.3 is 10.6 Å². The lowest BCUT2D eigenvalue weighted by Crippen LogP contribution is -2.44. The summed E-state index contributed by atoms with van der Waals surface area (Å²) in [6.45, 7) is 5.77. The molecule has 1 aromatic carbocycles. The van der Waals surface area contributed by atoms with Crippen molar-refractivity contribution in [2.75, 3.05) is 30.3 Å². The number of halogens is 1. The largest absolute Gasteiger partial charge is 0.324 e. The maximum atomic E-state index is 12.6. The normalized spacial score (nSPS) is 17.0. The maximum absolute atomic E-state index is 12.6. The lowest BCUT2D eigenvalue weighted by Gasteiger charge is -2.31. The number of piperidine rings is 1. The number of rotatable bonds is 6. The second-order valence-corrected chi connectivity index (χ2v) is 8.35. The number of para-hydroxylation sites is 1. The van der Waals surface area contributed by atoms with Gasteiger partial charge in [-0.2, -0.15) is 0 Å². The Kier molecular flexibility index (Phi) is 7.39. The van der Waals surface area contributed by atoms with Crippen molar-refractivity contribution in [1.29, 1.82) is 0 Å². The molecule has 0 spiro atoms. The summed E-state index contributed by atoms with van der Waals surface area (Å²) >= 11 is 3.34. The molecule has 2 heterocycles. The van der Waals surface area contributed by atoms with E-state index < -0.39 is 0 Å². The number of nitrogens with one attached hydrogen (secondary N) is 2. The zero-order valence-corrected chi connectivity index (χ0v) is 18.5. The number of aryl methyl sites for hydroxylation is 2. The Morgan fingerprint density at radius 3 is 2.79 bits per heavy atom. The van der Waals surface area contributed by atoms with Gasteiger partial charge in [0.05, 0.1) is 12.5 Å². The topological polar surface area (TPSA) is 74.3 Å². The molecule has 7 heteroatoms. The number of carbonyl (C=O) groups excluding carboxylic acids is 2. The van der Waals surface area contributed by atoms with Gasteiger partial charge in [0.1, 0.15) is 5.82 Å². The predicted octanol–water partition coefficient (Wildman–Crippen LogP) is 4.00. The fourth-order valence-electron chi connectivity index (χ4n) is 3.68. The third-order valence-corrected chi connectivity index (χ3v) is 5.70. The molecule has 2 aromatic rings. The molecule has 0 bridgehead atoms. The van der Waals surface area contributed by atoms with Crippen LogP contribution in [0.5, 0.6) is 0 Å². The van der Waals surface area contributed by atoms with Crippen LogP contribution in [0.2, 0.25) is 0 Å². The van der Waals surface area contributed by atoms with Crippen molar-refractivity contribution in [1.82, 2.24) is 9.88 Å². The van der Waals surface area contributed by atoms with E-state index in [0.717, 1.165) is 47.1 Å². The summed E-state index contributed by atoms with van der Waals surface area (Å²) in [5, 5.41) is 5.95. The molecule has 2 N–H and O–H groups in total. The van der Waals surface area contributed by atoms with Crippen LogP contribution in [0.1, 0.15) is 30.9 Å². The van der Waals surface area contributed by atoms with E-state index in [2.05, 4.69) is 43.4 Å². The molecular weight excluding hydrogens is 432 g/mol. The van der Waals surface area contributed by atoms with Crippen LogP contribution in [0.25, 0.3) is 0 Å². The summed E-state index contributed by atoms with van der Waals surface area (Å²) in [7, 11) is 0. The van der Waals surface area contributed by atoms with Gasteiger partial charge in [-0.3, -0.25) is 14.5 Å². The van der Waals surface area contributed by atoms with Crippen LogP contribution in [-0.2, 0) is 16.0 Å². The van der Waals surface area contributed by atoms with E-state index in [1.54, 1.807) is 12.3 Å². The Hall–Kier alpha value is -2.25. The summed E-state index contributed by atoms with van der Waals surface area (Å²) in [6, 6.07) is 9.67. The van der Waals surface area contributed by atoms with Gasteiger partial charge in [0, 0.05) is 22.9 Å². The van der Waals surface area contributed by atoms with Gasteiger partial charge in [-0.25, -0.2) is 4.98 Å². The lowest BCUT2D eigenvalue weighted by atomic mass is 9.97. The average Bonchev–Trinajstić information content (AvgIpc) is 2.71. The fraction of sp³-hybridized carbons (Fsp3) is 0.409. The number of hydrogen-bond donors (Lipinski definition) is 2. The van der Waals surface area contributed by atoms with Crippen LogP contribution >= 0.6 is 15.9 Å². The SMILES string of the molecule is CCc1cccc(C)c1NC(=O)CN1CCCC(C(=O)Nc2ccc(Br)cn2)C1. The highest BCUT2D eigenvalue weighted by Gasteiger charge is 2.27. The lowest BCUT2D eigenvalue weighted by molar-refractivity contribution is -0.123. The van der Waals surface area contributed by atoms with E-state index in [-0.39, 0.29) is 24.3 Å². The summed E-state index contributed by atoms with van der Waals surface area (Å²) in [5.41, 5.74) is 3.11. The van der Waals surface area contributed by atoms with Gasteiger partial charge in [0.15, 0.2) is 0 Å². The second kappa shape index (κ2) is 9.98. The summed E-state index contributed by atoms with van der Waals surface area (Å²) in [4.78, 5) is 31.5. The standard InChI is InChI=1S/C22H27BrN4O2/c1-3-16-7-4-6-15(2)21(16)26-20(28)14-27-11-5-8-17(13-27)22(29)25-19-10-9-18(23)12-24-19/h4,6-7,9-10,12,17H,3,5,8,11,13-14H2,1-2H3,(H,26,28)(H,24,25,29). The van der Waals surface area contributed by atoms with Crippen molar-refractivity contribution < 1.29 is 9.59 Å². The first kappa shape index (κ1) is 21.5. The highest BCUT2D eigenvalue weighted by atomic mass is 79.9. The van der Waals surface area contributed by atoms with Crippen molar-refractivity contribution in [3.05, 3.63) is 52.1 Å². The third kappa shape index (κ3) is 5.87. The number of likely N-dealkylation sites (tertiary alicyclic amines) is 1. The van der Waals surface area contributed by atoms with Gasteiger partial charge in [0.25, 0.3) is 0 Å². The van der Waals surface area contributed by atoms with Crippen LogP contribution in [-0.4, -0.2) is 41.3 Å². The van der Waals surface area contributed by atoms with Gasteiger partial charge in [0.2, 0.25) is 11.8 Å². The first-order chi connectivity index (χ1) is 14.0. The van der Waals surface area contributed by atoms with Crippen LogP contribution < -0.4 is 10.6 Å². The van der Waals surface area contributed by atoms with E-state index in [1.165, 1.54) is 0 Å². The Morgan fingerprint density at radius 1 is 1.24 bits per heavy atom. The molecule has 3 rings (SSSR count). The molecule has 1 aliphatic heterocycles. The summed E-state index contributed by atoms with van der Waals surface area (Å²) < 4.78 is 0.866. The minimum Gasteiger partial charge on any atom is -0.324 e. The van der Waals surface area contributed by atoms with Crippen molar-refractivity contribution in [3.8, 4) is 0 Å². The molecule has 2 amide bonds. The molecule has 29 heavy (non-hydrogen) atoms. The molecule has 1 saturated heterocycles. The van der Waals surface area contributed by atoms with E-state index in [4.69, 9.17) is 0 Å². The van der Waals surface area contributed by atoms with Gasteiger partial charge in [-0.15, -0.1) is 0 Å². The minimum absolute atomic E-state index is 0.0374. The molecule has 1 fully saturated rings. The monoisotopic (exact) mass is 458 g/mol. The van der Waals surface area contributed by atoms with Crippen molar-refractivity contribution in [3.63, 3.8) is 0 Å². The first-order valence-corrected chi connectivity index (χ1v) is 10.8. The van der Waals surface area contributed by atoms with Crippen molar-refractivity contribution in [2.24, 2.45) is 5.92 Å². The number of benzene rings is 1. The number of amides is 2. The van der Waals surface area contributed by atoms with Crippen LogP contribution in [0.15, 0.2) is 41.0 Å². The molecule has 154 valence electrons. The molecule has 1 aliphatic rings. The van der Waals surface area contributed by atoms with Gasteiger partial charge in [-0.1, -0.05) is 25.1 Å². The molecule has 1 aromatic heterocycles. The number of anilines is 2. The third-order valence-electron chi connectivity index (χ3n) is 5.23. The van der Waals surface area contributed by atoms with Crippen LogP contribution in [0.3, 0.4) is 0 Å². The second-order valence-electron chi connectivity index (χ2n) is 7.44. The number of nitrogens with zero attached hydrogens (tertiary/aromatic N) is 2. The van der Waals surface area contributed by atoms with E-state index in [0.29, 0.717) is 12.4 Å². The Morgan fingerprint density at radius 2 is 2.07 bits per heavy atom. The number of pyridine rings is 1. The Labute approximate surface area is 180 Å². The molecule has 0 radical (unpaired) electrons. The van der Waals surface area contributed by atoms with E-state index >= 15 is 0 Å². The molecule has 1 atom stereocenters. The van der Waals surface area contributed by atoms with E-state index in [1.807, 2.05) is 31.2 Å².